The van der Waals surface area contributed by atoms with Crippen molar-refractivity contribution in [3.05, 3.63) is 41.7 Å². The van der Waals surface area contributed by atoms with Crippen molar-refractivity contribution in [3.8, 4) is 5.88 Å². The Morgan fingerprint density at radius 3 is 2.81 bits per heavy atom. The van der Waals surface area contributed by atoms with Gasteiger partial charge in [0.25, 0.3) is 0 Å². The SMILES string of the molecule is CCCNC(Cc1cc(OC)ncn1)c1ccc(CC)o1. The first kappa shape index (κ1) is 15.5. The van der Waals surface area contributed by atoms with E-state index in [4.69, 9.17) is 9.15 Å². The molecular weight excluding hydrogens is 266 g/mol. The molecule has 21 heavy (non-hydrogen) atoms. The largest absolute Gasteiger partial charge is 0.481 e. The van der Waals surface area contributed by atoms with Crippen molar-refractivity contribution in [1.82, 2.24) is 15.3 Å². The second kappa shape index (κ2) is 7.78. The average Bonchev–Trinajstić information content (AvgIpc) is 3.00. The number of hydrogen-bond acceptors (Lipinski definition) is 5. The van der Waals surface area contributed by atoms with Crippen molar-refractivity contribution < 1.29 is 9.15 Å². The van der Waals surface area contributed by atoms with Gasteiger partial charge in [-0.25, -0.2) is 9.97 Å². The fourth-order valence-corrected chi connectivity index (χ4v) is 2.17. The van der Waals surface area contributed by atoms with E-state index in [0.717, 1.165) is 43.0 Å². The van der Waals surface area contributed by atoms with Gasteiger partial charge in [-0.15, -0.1) is 0 Å². The molecule has 1 unspecified atom stereocenters. The zero-order valence-corrected chi connectivity index (χ0v) is 12.9. The van der Waals surface area contributed by atoms with E-state index in [2.05, 4.69) is 29.1 Å². The topological polar surface area (TPSA) is 60.2 Å². The minimum Gasteiger partial charge on any atom is -0.481 e. The molecule has 0 aromatic carbocycles. The number of hydrogen-bond donors (Lipinski definition) is 1. The van der Waals surface area contributed by atoms with Crippen LogP contribution in [0.4, 0.5) is 0 Å². The molecule has 0 amide bonds. The summed E-state index contributed by atoms with van der Waals surface area (Å²) in [4.78, 5) is 8.36. The maximum Gasteiger partial charge on any atom is 0.216 e. The lowest BCUT2D eigenvalue weighted by Crippen LogP contribution is -2.24. The maximum absolute atomic E-state index is 5.88. The van der Waals surface area contributed by atoms with Gasteiger partial charge in [0.2, 0.25) is 5.88 Å². The standard InChI is InChI=1S/C16H23N3O2/c1-4-8-17-14(15-7-6-13(5-2)21-15)9-12-10-16(20-3)19-11-18-12/h6-7,10-11,14,17H,4-5,8-9H2,1-3H3. The summed E-state index contributed by atoms with van der Waals surface area (Å²) in [5.41, 5.74) is 0.935. The van der Waals surface area contributed by atoms with E-state index in [1.54, 1.807) is 7.11 Å². The molecule has 114 valence electrons. The van der Waals surface area contributed by atoms with Crippen LogP contribution in [0, 0.1) is 0 Å². The molecule has 1 atom stereocenters. The van der Waals surface area contributed by atoms with Crippen molar-refractivity contribution in [2.75, 3.05) is 13.7 Å². The fourth-order valence-electron chi connectivity index (χ4n) is 2.17. The number of methoxy groups -OCH3 is 1. The first-order chi connectivity index (χ1) is 10.3. The molecule has 5 heteroatoms. The van der Waals surface area contributed by atoms with Crippen LogP contribution < -0.4 is 10.1 Å². The molecule has 2 aromatic rings. The highest BCUT2D eigenvalue weighted by atomic mass is 16.5. The molecule has 2 aromatic heterocycles. The second-order valence-corrected chi connectivity index (χ2v) is 4.92. The number of aryl methyl sites for hydroxylation is 1. The molecule has 0 radical (unpaired) electrons. The summed E-state index contributed by atoms with van der Waals surface area (Å²) >= 11 is 0. The lowest BCUT2D eigenvalue weighted by atomic mass is 10.1. The van der Waals surface area contributed by atoms with Crippen molar-refractivity contribution in [2.24, 2.45) is 0 Å². The van der Waals surface area contributed by atoms with Gasteiger partial charge in [-0.3, -0.25) is 0 Å². The third-order valence-electron chi connectivity index (χ3n) is 3.34. The molecule has 1 N–H and O–H groups in total. The van der Waals surface area contributed by atoms with Crippen LogP contribution in [0.1, 0.15) is 43.5 Å². The van der Waals surface area contributed by atoms with Crippen LogP contribution in [0.3, 0.4) is 0 Å². The summed E-state index contributed by atoms with van der Waals surface area (Å²) in [5.74, 6) is 2.55. The Morgan fingerprint density at radius 1 is 1.29 bits per heavy atom. The Labute approximate surface area is 125 Å². The minimum absolute atomic E-state index is 0.116. The van der Waals surface area contributed by atoms with Crippen LogP contribution in [-0.2, 0) is 12.8 Å². The molecule has 0 aliphatic heterocycles. The van der Waals surface area contributed by atoms with Crippen LogP contribution in [0.15, 0.2) is 28.9 Å². The van der Waals surface area contributed by atoms with Gasteiger partial charge < -0.3 is 14.5 Å². The third-order valence-corrected chi connectivity index (χ3v) is 3.34. The van der Waals surface area contributed by atoms with Crippen LogP contribution in [-0.4, -0.2) is 23.6 Å². The summed E-state index contributed by atoms with van der Waals surface area (Å²) in [6.45, 7) is 5.18. The Kier molecular flexibility index (Phi) is 5.75. The Morgan fingerprint density at radius 2 is 2.14 bits per heavy atom. The lowest BCUT2D eigenvalue weighted by molar-refractivity contribution is 0.384. The van der Waals surface area contributed by atoms with Crippen molar-refractivity contribution in [3.63, 3.8) is 0 Å². The predicted molar refractivity (Wildman–Crippen MR) is 81.4 cm³/mol. The highest BCUT2D eigenvalue weighted by Gasteiger charge is 2.16. The highest BCUT2D eigenvalue weighted by Crippen LogP contribution is 2.21. The Balaban J connectivity index is 2.15. The minimum atomic E-state index is 0.116. The van der Waals surface area contributed by atoms with Crippen molar-refractivity contribution >= 4 is 0 Å². The molecule has 5 nitrogen and oxygen atoms in total. The molecule has 0 bridgehead atoms. The van der Waals surface area contributed by atoms with Crippen LogP contribution in [0.2, 0.25) is 0 Å². The van der Waals surface area contributed by atoms with Gasteiger partial charge in [0.1, 0.15) is 17.8 Å². The van der Waals surface area contributed by atoms with Crippen LogP contribution >= 0.6 is 0 Å². The van der Waals surface area contributed by atoms with E-state index in [1.807, 2.05) is 18.2 Å². The maximum atomic E-state index is 5.88. The zero-order valence-electron chi connectivity index (χ0n) is 12.9. The Bertz CT molecular complexity index is 554. The van der Waals surface area contributed by atoms with Gasteiger partial charge in [0.15, 0.2) is 0 Å². The first-order valence-corrected chi connectivity index (χ1v) is 7.43. The Hall–Kier alpha value is -1.88. The molecule has 0 saturated heterocycles. The van der Waals surface area contributed by atoms with Gasteiger partial charge >= 0.3 is 0 Å². The van der Waals surface area contributed by atoms with Gasteiger partial charge in [0, 0.05) is 24.6 Å². The van der Waals surface area contributed by atoms with Gasteiger partial charge in [0.05, 0.1) is 13.2 Å². The molecule has 2 heterocycles. The predicted octanol–water partition coefficient (Wildman–Crippen LogP) is 2.92. The van der Waals surface area contributed by atoms with Crippen LogP contribution in [0.5, 0.6) is 5.88 Å². The summed E-state index contributed by atoms with van der Waals surface area (Å²) in [6, 6.07) is 6.07. The van der Waals surface area contributed by atoms with Crippen LogP contribution in [0.25, 0.3) is 0 Å². The van der Waals surface area contributed by atoms with E-state index in [9.17, 15) is 0 Å². The van der Waals surface area contributed by atoms with Gasteiger partial charge in [-0.05, 0) is 25.1 Å². The number of nitrogens with one attached hydrogen (secondary N) is 1. The summed E-state index contributed by atoms with van der Waals surface area (Å²) in [7, 11) is 1.61. The zero-order chi connectivity index (χ0) is 15.1. The smallest absolute Gasteiger partial charge is 0.216 e. The second-order valence-electron chi connectivity index (χ2n) is 4.92. The molecule has 0 fully saturated rings. The molecule has 0 spiro atoms. The van der Waals surface area contributed by atoms with E-state index in [0.29, 0.717) is 5.88 Å². The number of nitrogens with zero attached hydrogens (tertiary/aromatic N) is 2. The monoisotopic (exact) mass is 289 g/mol. The van der Waals surface area contributed by atoms with E-state index >= 15 is 0 Å². The highest BCUT2D eigenvalue weighted by molar-refractivity contribution is 5.18. The fraction of sp³-hybridized carbons (Fsp3) is 0.500. The van der Waals surface area contributed by atoms with Crippen molar-refractivity contribution in [2.45, 2.75) is 39.2 Å². The third kappa shape index (κ3) is 4.29. The summed E-state index contributed by atoms with van der Waals surface area (Å²) in [5, 5.41) is 3.51. The van der Waals surface area contributed by atoms with Crippen molar-refractivity contribution in [1.29, 1.82) is 0 Å². The summed E-state index contributed by atoms with van der Waals surface area (Å²) in [6.07, 6.45) is 4.26. The summed E-state index contributed by atoms with van der Waals surface area (Å²) < 4.78 is 11.0. The molecule has 0 aliphatic carbocycles. The molecule has 0 aliphatic rings. The lowest BCUT2D eigenvalue weighted by Gasteiger charge is -2.16. The van der Waals surface area contributed by atoms with E-state index < -0.39 is 0 Å². The van der Waals surface area contributed by atoms with Gasteiger partial charge in [-0.2, -0.15) is 0 Å². The first-order valence-electron chi connectivity index (χ1n) is 7.43. The normalized spacial score (nSPS) is 12.3. The molecule has 2 rings (SSSR count). The number of rotatable bonds is 8. The van der Waals surface area contributed by atoms with E-state index in [1.165, 1.54) is 6.33 Å². The number of furan rings is 1. The average molecular weight is 289 g/mol. The van der Waals surface area contributed by atoms with E-state index in [-0.39, 0.29) is 6.04 Å². The van der Waals surface area contributed by atoms with Gasteiger partial charge in [-0.1, -0.05) is 13.8 Å². The quantitative estimate of drug-likeness (QED) is 0.809. The number of aromatic nitrogens is 2. The molecular formula is C16H23N3O2. The molecule has 0 saturated carbocycles. The number of ether oxygens (including phenoxy) is 1.